The molecule has 2 aromatic heterocycles. The first-order valence-electron chi connectivity index (χ1n) is 6.70. The number of nitrogens with one attached hydrogen (secondary N) is 1. The molecule has 116 valence electrons. The molecular weight excluding hydrogens is 301 g/mol. The number of aliphatic hydroxyl groups is 1. The summed E-state index contributed by atoms with van der Waals surface area (Å²) >= 11 is 0. The summed E-state index contributed by atoms with van der Waals surface area (Å²) in [7, 11) is 0. The van der Waals surface area contributed by atoms with E-state index < -0.39 is 5.78 Å². The molecular formula is C15H12FN5O2. The number of nitrogens with zero attached hydrogens (tertiary/aromatic N) is 4. The fourth-order valence-electron chi connectivity index (χ4n) is 1.96. The highest BCUT2D eigenvalue weighted by Gasteiger charge is 2.11. The fourth-order valence-corrected chi connectivity index (χ4v) is 1.96. The molecule has 0 atom stereocenters. The lowest BCUT2D eigenvalue weighted by Gasteiger charge is -2.01. The third kappa shape index (κ3) is 3.49. The minimum atomic E-state index is -0.419. The maximum absolute atomic E-state index is 12.9. The molecule has 7 nitrogen and oxygen atoms in total. The molecule has 0 radical (unpaired) electrons. The predicted molar refractivity (Wildman–Crippen MR) is 79.0 cm³/mol. The Morgan fingerprint density at radius 1 is 1.35 bits per heavy atom. The van der Waals surface area contributed by atoms with Crippen molar-refractivity contribution in [2.75, 3.05) is 0 Å². The highest BCUT2D eigenvalue weighted by Crippen LogP contribution is 2.09. The van der Waals surface area contributed by atoms with Gasteiger partial charge >= 0.3 is 0 Å². The molecule has 0 unspecified atom stereocenters. The molecule has 0 saturated heterocycles. The maximum Gasteiger partial charge on any atom is 0.215 e. The first kappa shape index (κ1) is 14.6. The lowest BCUT2D eigenvalue weighted by atomic mass is 10.2. The number of hydrogen-bond acceptors (Lipinski definition) is 5. The second-order valence-electron chi connectivity index (χ2n) is 4.77. The summed E-state index contributed by atoms with van der Waals surface area (Å²) < 4.78 is 14.4. The van der Waals surface area contributed by atoms with Crippen molar-refractivity contribution in [3.05, 3.63) is 71.8 Å². The van der Waals surface area contributed by atoms with Crippen LogP contribution >= 0.6 is 0 Å². The number of allylic oxidation sites excluding steroid dienone is 1. The van der Waals surface area contributed by atoms with Gasteiger partial charge in [-0.3, -0.25) is 14.6 Å². The van der Waals surface area contributed by atoms with Crippen molar-refractivity contribution >= 4 is 11.5 Å². The van der Waals surface area contributed by atoms with E-state index in [-0.39, 0.29) is 17.4 Å². The van der Waals surface area contributed by atoms with E-state index in [0.29, 0.717) is 12.1 Å². The molecule has 23 heavy (non-hydrogen) atoms. The van der Waals surface area contributed by atoms with Crippen LogP contribution in [0.2, 0.25) is 0 Å². The van der Waals surface area contributed by atoms with Gasteiger partial charge in [-0.15, -0.1) is 0 Å². The topological polar surface area (TPSA) is 96.7 Å². The predicted octanol–water partition coefficient (Wildman–Crippen LogP) is 1.97. The number of benzene rings is 1. The third-order valence-corrected chi connectivity index (χ3v) is 3.09. The number of aliphatic hydroxyl groups excluding tert-OH is 1. The summed E-state index contributed by atoms with van der Waals surface area (Å²) in [5, 5.41) is 19.9. The number of carbonyl (C=O) groups excluding carboxylic acids is 1. The second kappa shape index (κ2) is 6.22. The van der Waals surface area contributed by atoms with Gasteiger partial charge < -0.3 is 5.11 Å². The van der Waals surface area contributed by atoms with Gasteiger partial charge in [0, 0.05) is 12.3 Å². The number of rotatable bonds is 5. The fraction of sp³-hybridized carbons (Fsp3) is 0.0667. The van der Waals surface area contributed by atoms with Gasteiger partial charge in [0.25, 0.3) is 0 Å². The van der Waals surface area contributed by atoms with Gasteiger partial charge in [-0.25, -0.2) is 9.37 Å². The summed E-state index contributed by atoms with van der Waals surface area (Å²) in [5.41, 5.74) is 1.17. The highest BCUT2D eigenvalue weighted by atomic mass is 19.1. The molecule has 0 aliphatic rings. The zero-order valence-electron chi connectivity index (χ0n) is 11.8. The van der Waals surface area contributed by atoms with Crippen LogP contribution in [0, 0.1) is 5.82 Å². The third-order valence-electron chi connectivity index (χ3n) is 3.09. The van der Waals surface area contributed by atoms with Crippen molar-refractivity contribution < 1.29 is 14.3 Å². The van der Waals surface area contributed by atoms with Crippen LogP contribution < -0.4 is 0 Å². The lowest BCUT2D eigenvalue weighted by Crippen LogP contribution is -2.00. The summed E-state index contributed by atoms with van der Waals surface area (Å²) in [6.45, 7) is 0.407. The van der Waals surface area contributed by atoms with Gasteiger partial charge in [0.1, 0.15) is 12.1 Å². The number of aromatic nitrogens is 5. The minimum absolute atomic E-state index is 0.0389. The first-order valence-corrected chi connectivity index (χ1v) is 6.70. The molecule has 0 amide bonds. The van der Waals surface area contributed by atoms with Crippen LogP contribution in [0.15, 0.2) is 49.1 Å². The van der Waals surface area contributed by atoms with E-state index >= 15 is 0 Å². The molecule has 0 fully saturated rings. The maximum atomic E-state index is 12.9. The molecule has 0 aliphatic heterocycles. The number of aromatic amines is 1. The Labute approximate surface area is 130 Å². The van der Waals surface area contributed by atoms with Gasteiger partial charge in [-0.2, -0.15) is 10.2 Å². The second-order valence-corrected chi connectivity index (χ2v) is 4.77. The van der Waals surface area contributed by atoms with Gasteiger partial charge in [-0.05, 0) is 17.7 Å². The number of carbonyl (C=O) groups is 1. The molecule has 0 spiro atoms. The standard InChI is InChI=1S/C15H12FN5O2/c16-12-3-1-10(2-4-12)7-21-8-11(6-19-21)13(22)5-14(23)15-17-9-18-20-15/h1-6,8-9,23H,7H2,(H,17,18,20). The normalized spacial score (nSPS) is 11.6. The Bertz CT molecular complexity index is 837. The first-order chi connectivity index (χ1) is 11.1. The molecule has 2 N–H and O–H groups in total. The SMILES string of the molecule is O=C(C=C(O)c1nc[nH]n1)c1cnn(Cc2ccc(F)cc2)c1. The van der Waals surface area contributed by atoms with Crippen LogP contribution in [-0.4, -0.2) is 35.9 Å². The van der Waals surface area contributed by atoms with Crippen molar-refractivity contribution in [2.24, 2.45) is 0 Å². The van der Waals surface area contributed by atoms with Gasteiger partial charge in [0.05, 0.1) is 18.3 Å². The zero-order valence-corrected chi connectivity index (χ0v) is 11.8. The van der Waals surface area contributed by atoms with E-state index in [1.54, 1.807) is 23.0 Å². The number of ketones is 1. The Hall–Kier alpha value is -3.29. The van der Waals surface area contributed by atoms with E-state index in [9.17, 15) is 14.3 Å². The Kier molecular flexibility index (Phi) is 3.96. The van der Waals surface area contributed by atoms with Crippen molar-refractivity contribution in [1.82, 2.24) is 25.0 Å². The highest BCUT2D eigenvalue weighted by molar-refractivity contribution is 6.07. The molecule has 8 heteroatoms. The summed E-state index contributed by atoms with van der Waals surface area (Å²) in [6.07, 6.45) is 5.27. The average Bonchev–Trinajstić information content (AvgIpc) is 3.21. The Morgan fingerprint density at radius 3 is 2.83 bits per heavy atom. The molecule has 3 aromatic rings. The van der Waals surface area contributed by atoms with Crippen LogP contribution in [0.1, 0.15) is 21.7 Å². The summed E-state index contributed by atoms with van der Waals surface area (Å²) in [5.74, 6) is -1.02. The number of H-pyrrole nitrogens is 1. The van der Waals surface area contributed by atoms with E-state index in [1.165, 1.54) is 24.7 Å². The van der Waals surface area contributed by atoms with Crippen LogP contribution in [0.25, 0.3) is 5.76 Å². The molecule has 3 rings (SSSR count). The van der Waals surface area contributed by atoms with E-state index in [0.717, 1.165) is 11.6 Å². The molecule has 1 aromatic carbocycles. The Morgan fingerprint density at radius 2 is 2.13 bits per heavy atom. The minimum Gasteiger partial charge on any atom is -0.504 e. The number of halogens is 1. The van der Waals surface area contributed by atoms with Crippen molar-refractivity contribution in [2.45, 2.75) is 6.54 Å². The van der Waals surface area contributed by atoms with E-state index in [4.69, 9.17) is 0 Å². The van der Waals surface area contributed by atoms with Crippen LogP contribution in [0.3, 0.4) is 0 Å². The Balaban J connectivity index is 1.72. The lowest BCUT2D eigenvalue weighted by molar-refractivity contribution is 0.104. The smallest absolute Gasteiger partial charge is 0.215 e. The van der Waals surface area contributed by atoms with Crippen LogP contribution in [-0.2, 0) is 6.54 Å². The number of hydrogen-bond donors (Lipinski definition) is 2. The average molecular weight is 313 g/mol. The van der Waals surface area contributed by atoms with Crippen molar-refractivity contribution in [3.8, 4) is 0 Å². The van der Waals surface area contributed by atoms with Crippen LogP contribution in [0.4, 0.5) is 4.39 Å². The van der Waals surface area contributed by atoms with Crippen molar-refractivity contribution in [3.63, 3.8) is 0 Å². The quantitative estimate of drug-likeness (QED) is 0.426. The monoisotopic (exact) mass is 313 g/mol. The molecule has 0 aliphatic carbocycles. The van der Waals surface area contributed by atoms with Crippen molar-refractivity contribution in [1.29, 1.82) is 0 Å². The molecule has 2 heterocycles. The molecule has 0 bridgehead atoms. The summed E-state index contributed by atoms with van der Waals surface area (Å²) in [6, 6.07) is 6.02. The summed E-state index contributed by atoms with van der Waals surface area (Å²) in [4.78, 5) is 15.8. The zero-order chi connectivity index (χ0) is 16.2. The van der Waals surface area contributed by atoms with E-state index in [1.807, 2.05) is 0 Å². The van der Waals surface area contributed by atoms with Crippen LogP contribution in [0.5, 0.6) is 0 Å². The van der Waals surface area contributed by atoms with E-state index in [2.05, 4.69) is 20.3 Å². The largest absolute Gasteiger partial charge is 0.504 e. The van der Waals surface area contributed by atoms with Gasteiger partial charge in [-0.1, -0.05) is 12.1 Å². The molecule has 0 saturated carbocycles. The van der Waals surface area contributed by atoms with Gasteiger partial charge in [0.15, 0.2) is 11.5 Å². The van der Waals surface area contributed by atoms with Gasteiger partial charge in [0.2, 0.25) is 5.82 Å².